The molecule has 1 aliphatic heterocycles. The second-order valence-electron chi connectivity index (χ2n) is 5.72. The van der Waals surface area contributed by atoms with Gasteiger partial charge in [-0.3, -0.25) is 14.6 Å². The number of nitrogens with zero attached hydrogens (tertiary/aromatic N) is 2. The minimum atomic E-state index is -0.0670. The summed E-state index contributed by atoms with van der Waals surface area (Å²) >= 11 is 0. The van der Waals surface area contributed by atoms with Gasteiger partial charge in [-0.2, -0.15) is 0 Å². The summed E-state index contributed by atoms with van der Waals surface area (Å²) in [5.74, 6) is 0.525. The molecule has 0 aromatic carbocycles. The van der Waals surface area contributed by atoms with Crippen LogP contribution in [0.5, 0.6) is 0 Å². The van der Waals surface area contributed by atoms with Gasteiger partial charge in [-0.1, -0.05) is 0 Å². The first-order valence-corrected chi connectivity index (χ1v) is 8.24. The van der Waals surface area contributed by atoms with Crippen molar-refractivity contribution >= 4 is 11.8 Å². The van der Waals surface area contributed by atoms with E-state index in [2.05, 4.69) is 10.3 Å². The highest BCUT2D eigenvalue weighted by molar-refractivity contribution is 5.93. The lowest BCUT2D eigenvalue weighted by Crippen LogP contribution is -2.41. The van der Waals surface area contributed by atoms with Crippen molar-refractivity contribution in [2.45, 2.75) is 26.2 Å². The van der Waals surface area contributed by atoms with Gasteiger partial charge >= 0.3 is 0 Å². The Hall–Kier alpha value is -1.95. The molecule has 6 nitrogen and oxygen atoms in total. The summed E-state index contributed by atoms with van der Waals surface area (Å²) in [4.78, 5) is 29.8. The minimum absolute atomic E-state index is 0.0670. The molecule has 2 heterocycles. The molecule has 1 saturated heterocycles. The van der Waals surface area contributed by atoms with E-state index in [1.165, 1.54) is 0 Å². The Kier molecular flexibility index (Phi) is 7.00. The molecule has 1 fully saturated rings. The SMILES string of the molecule is CCOCCC(=O)N1CCC(CNC(=O)c2ccncc2)CC1. The van der Waals surface area contributed by atoms with Gasteiger partial charge in [0.1, 0.15) is 0 Å². The van der Waals surface area contributed by atoms with Crippen molar-refractivity contribution in [1.29, 1.82) is 0 Å². The zero-order valence-electron chi connectivity index (χ0n) is 13.7. The fourth-order valence-corrected chi connectivity index (χ4v) is 2.69. The first kappa shape index (κ1) is 17.4. The number of piperidine rings is 1. The molecule has 0 spiro atoms. The molecule has 126 valence electrons. The summed E-state index contributed by atoms with van der Waals surface area (Å²) in [7, 11) is 0. The van der Waals surface area contributed by atoms with E-state index >= 15 is 0 Å². The molecule has 1 N–H and O–H groups in total. The molecule has 2 amide bonds. The predicted octanol–water partition coefficient (Wildman–Crippen LogP) is 1.48. The average Bonchev–Trinajstić information content (AvgIpc) is 2.61. The summed E-state index contributed by atoms with van der Waals surface area (Å²) in [6.45, 7) is 5.25. The molecule has 0 unspecified atom stereocenters. The van der Waals surface area contributed by atoms with Gasteiger partial charge in [-0.05, 0) is 37.8 Å². The monoisotopic (exact) mass is 319 g/mol. The van der Waals surface area contributed by atoms with Crippen LogP contribution in [0.15, 0.2) is 24.5 Å². The van der Waals surface area contributed by atoms with Gasteiger partial charge in [0, 0.05) is 44.2 Å². The summed E-state index contributed by atoms with van der Waals surface area (Å²) in [5.41, 5.74) is 0.628. The number of hydrogen-bond acceptors (Lipinski definition) is 4. The van der Waals surface area contributed by atoms with Gasteiger partial charge in [0.15, 0.2) is 0 Å². The molecule has 1 aliphatic rings. The first-order chi connectivity index (χ1) is 11.2. The molecule has 1 aromatic heterocycles. The van der Waals surface area contributed by atoms with Crippen LogP contribution in [-0.4, -0.2) is 54.5 Å². The van der Waals surface area contributed by atoms with Crippen LogP contribution in [0.2, 0.25) is 0 Å². The van der Waals surface area contributed by atoms with Crippen molar-refractivity contribution in [3.05, 3.63) is 30.1 Å². The molecule has 2 rings (SSSR count). The number of hydrogen-bond donors (Lipinski definition) is 1. The van der Waals surface area contributed by atoms with Crippen molar-refractivity contribution < 1.29 is 14.3 Å². The zero-order chi connectivity index (χ0) is 16.5. The Bertz CT molecular complexity index is 499. The third-order valence-corrected chi connectivity index (χ3v) is 4.13. The predicted molar refractivity (Wildman–Crippen MR) is 87.0 cm³/mol. The highest BCUT2D eigenvalue weighted by atomic mass is 16.5. The number of pyridine rings is 1. The summed E-state index contributed by atoms with van der Waals surface area (Å²) in [6, 6.07) is 3.41. The molecule has 1 aromatic rings. The first-order valence-electron chi connectivity index (χ1n) is 8.24. The number of amides is 2. The Balaban J connectivity index is 1.67. The second-order valence-corrected chi connectivity index (χ2v) is 5.72. The number of ether oxygens (including phenoxy) is 1. The molecule has 0 atom stereocenters. The van der Waals surface area contributed by atoms with Crippen LogP contribution in [0.25, 0.3) is 0 Å². The van der Waals surface area contributed by atoms with Crippen LogP contribution >= 0.6 is 0 Å². The highest BCUT2D eigenvalue weighted by Gasteiger charge is 2.22. The normalized spacial score (nSPS) is 15.4. The maximum atomic E-state index is 12.0. The number of likely N-dealkylation sites (tertiary alicyclic amines) is 1. The van der Waals surface area contributed by atoms with E-state index < -0.39 is 0 Å². The van der Waals surface area contributed by atoms with Gasteiger partial charge in [-0.15, -0.1) is 0 Å². The fraction of sp³-hybridized carbons (Fsp3) is 0.588. The third-order valence-electron chi connectivity index (χ3n) is 4.13. The maximum Gasteiger partial charge on any atom is 0.251 e. The number of carbonyl (C=O) groups excluding carboxylic acids is 2. The van der Waals surface area contributed by atoms with Crippen molar-refractivity contribution in [2.24, 2.45) is 5.92 Å². The summed E-state index contributed by atoms with van der Waals surface area (Å²) in [6.07, 6.45) is 5.54. The molecule has 0 bridgehead atoms. The van der Waals surface area contributed by atoms with E-state index in [1.54, 1.807) is 24.5 Å². The Morgan fingerprint density at radius 1 is 1.30 bits per heavy atom. The highest BCUT2D eigenvalue weighted by Crippen LogP contribution is 2.17. The van der Waals surface area contributed by atoms with Crippen LogP contribution < -0.4 is 5.32 Å². The van der Waals surface area contributed by atoms with Crippen LogP contribution in [-0.2, 0) is 9.53 Å². The Morgan fingerprint density at radius 3 is 2.65 bits per heavy atom. The van der Waals surface area contributed by atoms with E-state index in [4.69, 9.17) is 4.74 Å². The third kappa shape index (κ3) is 5.63. The molecule has 0 saturated carbocycles. The van der Waals surface area contributed by atoms with Crippen molar-refractivity contribution in [3.63, 3.8) is 0 Å². The lowest BCUT2D eigenvalue weighted by molar-refractivity contribution is -0.133. The summed E-state index contributed by atoms with van der Waals surface area (Å²) in [5, 5.41) is 2.96. The Morgan fingerprint density at radius 2 is 2.00 bits per heavy atom. The van der Waals surface area contributed by atoms with Crippen LogP contribution in [0.3, 0.4) is 0 Å². The zero-order valence-corrected chi connectivity index (χ0v) is 13.7. The molecular weight excluding hydrogens is 294 g/mol. The van der Waals surface area contributed by atoms with E-state index in [9.17, 15) is 9.59 Å². The number of carbonyl (C=O) groups is 2. The summed E-state index contributed by atoms with van der Waals surface area (Å²) < 4.78 is 5.22. The van der Waals surface area contributed by atoms with Gasteiger partial charge in [0.25, 0.3) is 5.91 Å². The van der Waals surface area contributed by atoms with E-state index in [1.807, 2.05) is 11.8 Å². The largest absolute Gasteiger partial charge is 0.381 e. The topological polar surface area (TPSA) is 71.5 Å². The fourth-order valence-electron chi connectivity index (χ4n) is 2.69. The van der Waals surface area contributed by atoms with Crippen LogP contribution in [0, 0.1) is 5.92 Å². The number of aromatic nitrogens is 1. The number of rotatable bonds is 7. The van der Waals surface area contributed by atoms with Crippen LogP contribution in [0.4, 0.5) is 0 Å². The van der Waals surface area contributed by atoms with Crippen molar-refractivity contribution in [3.8, 4) is 0 Å². The maximum absolute atomic E-state index is 12.0. The van der Waals surface area contributed by atoms with E-state index in [-0.39, 0.29) is 11.8 Å². The second kappa shape index (κ2) is 9.25. The van der Waals surface area contributed by atoms with Gasteiger partial charge in [-0.25, -0.2) is 0 Å². The van der Waals surface area contributed by atoms with Gasteiger partial charge < -0.3 is 15.0 Å². The molecule has 23 heavy (non-hydrogen) atoms. The van der Waals surface area contributed by atoms with E-state index in [0.29, 0.717) is 37.7 Å². The lowest BCUT2D eigenvalue weighted by Gasteiger charge is -2.32. The quantitative estimate of drug-likeness (QED) is 0.773. The van der Waals surface area contributed by atoms with Gasteiger partial charge in [0.2, 0.25) is 5.91 Å². The lowest BCUT2D eigenvalue weighted by atomic mass is 9.96. The minimum Gasteiger partial charge on any atom is -0.381 e. The van der Waals surface area contributed by atoms with Crippen LogP contribution in [0.1, 0.15) is 36.5 Å². The average molecular weight is 319 g/mol. The van der Waals surface area contributed by atoms with Crippen molar-refractivity contribution in [1.82, 2.24) is 15.2 Å². The van der Waals surface area contributed by atoms with E-state index in [0.717, 1.165) is 25.9 Å². The Labute approximate surface area is 137 Å². The molecular formula is C17H25N3O3. The number of nitrogens with one attached hydrogen (secondary N) is 1. The van der Waals surface area contributed by atoms with Crippen molar-refractivity contribution in [2.75, 3.05) is 32.8 Å². The molecule has 0 radical (unpaired) electrons. The molecule has 6 heteroatoms. The van der Waals surface area contributed by atoms with Gasteiger partial charge in [0.05, 0.1) is 13.0 Å². The standard InChI is InChI=1S/C17H25N3O3/c1-2-23-12-7-16(21)20-10-5-14(6-11-20)13-19-17(22)15-3-8-18-9-4-15/h3-4,8-9,14H,2,5-7,10-13H2,1H3,(H,19,22). The molecule has 0 aliphatic carbocycles. The smallest absolute Gasteiger partial charge is 0.251 e.